The number of oxazole rings is 1. The van der Waals surface area contributed by atoms with Crippen molar-refractivity contribution in [1.82, 2.24) is 4.98 Å². The summed E-state index contributed by atoms with van der Waals surface area (Å²) < 4.78 is 10.1. The Kier molecular flexibility index (Phi) is 4.81. The molecule has 2 aromatic carbocycles. The van der Waals surface area contributed by atoms with Crippen molar-refractivity contribution in [3.63, 3.8) is 0 Å². The van der Waals surface area contributed by atoms with E-state index in [4.69, 9.17) is 16.0 Å². The van der Waals surface area contributed by atoms with Gasteiger partial charge in [-0.1, -0.05) is 23.7 Å². The molecule has 0 bridgehead atoms. The summed E-state index contributed by atoms with van der Waals surface area (Å²) in [6.45, 7) is 0. The van der Waals surface area contributed by atoms with Gasteiger partial charge in [0.1, 0.15) is 5.52 Å². The number of methoxy groups -OCH3 is 1. The van der Waals surface area contributed by atoms with E-state index >= 15 is 0 Å². The zero-order valence-electron chi connectivity index (χ0n) is 13.2. The summed E-state index contributed by atoms with van der Waals surface area (Å²) in [7, 11) is 1.28. The first-order chi connectivity index (χ1) is 12.1. The molecule has 1 aromatic heterocycles. The summed E-state index contributed by atoms with van der Waals surface area (Å²) in [5, 5.41) is 2.90. The number of carbonyl (C=O) groups is 2. The number of anilines is 1. The van der Waals surface area contributed by atoms with E-state index in [0.29, 0.717) is 27.7 Å². The maximum Gasteiger partial charge on any atom is 0.337 e. The third-order valence-electron chi connectivity index (χ3n) is 3.33. The minimum Gasteiger partial charge on any atom is -0.465 e. The molecule has 1 N–H and O–H groups in total. The highest BCUT2D eigenvalue weighted by molar-refractivity contribution is 6.34. The van der Waals surface area contributed by atoms with Crippen LogP contribution in [0.4, 0.5) is 5.69 Å². The molecule has 0 saturated heterocycles. The van der Waals surface area contributed by atoms with E-state index in [1.807, 2.05) is 18.2 Å². The number of hydrogen-bond donors (Lipinski definition) is 1. The monoisotopic (exact) mass is 356 g/mol. The molecule has 1 amide bonds. The molecule has 0 aliphatic rings. The number of nitrogens with zero attached hydrogens (tertiary/aromatic N) is 1. The van der Waals surface area contributed by atoms with Crippen molar-refractivity contribution in [2.45, 2.75) is 0 Å². The molecule has 0 spiro atoms. The minimum absolute atomic E-state index is 0.283. The van der Waals surface area contributed by atoms with Crippen molar-refractivity contribution in [2.75, 3.05) is 12.4 Å². The van der Waals surface area contributed by atoms with Gasteiger partial charge in [0.25, 0.3) is 0 Å². The average Bonchev–Trinajstić information content (AvgIpc) is 3.04. The summed E-state index contributed by atoms with van der Waals surface area (Å²) in [5.41, 5.74) is 1.93. The number of nitrogens with one attached hydrogen (secondary N) is 1. The lowest BCUT2D eigenvalue weighted by atomic mass is 10.2. The van der Waals surface area contributed by atoms with Crippen molar-refractivity contribution >= 4 is 46.3 Å². The number of halogens is 1. The number of amides is 1. The summed E-state index contributed by atoms with van der Waals surface area (Å²) in [5.74, 6) is -0.647. The fraction of sp³-hybridized carbons (Fsp3) is 0.0556. The number of benzene rings is 2. The molecule has 0 atom stereocenters. The zero-order chi connectivity index (χ0) is 17.8. The van der Waals surface area contributed by atoms with Crippen molar-refractivity contribution < 1.29 is 18.7 Å². The van der Waals surface area contributed by atoms with Gasteiger partial charge in [-0.05, 0) is 30.3 Å². The SMILES string of the molecule is COC(=O)c1ccc(Cl)c(NC(=O)C=Cc2nc3ccccc3o2)c1. The van der Waals surface area contributed by atoms with E-state index in [1.54, 1.807) is 6.07 Å². The van der Waals surface area contributed by atoms with Gasteiger partial charge in [0.2, 0.25) is 11.8 Å². The Balaban J connectivity index is 1.74. The predicted molar refractivity (Wildman–Crippen MR) is 94.5 cm³/mol. The Bertz CT molecular complexity index is 945. The van der Waals surface area contributed by atoms with Crippen LogP contribution in [0.25, 0.3) is 17.2 Å². The zero-order valence-corrected chi connectivity index (χ0v) is 13.9. The normalized spacial score (nSPS) is 11.0. The van der Waals surface area contributed by atoms with Gasteiger partial charge >= 0.3 is 5.97 Å². The lowest BCUT2D eigenvalue weighted by Crippen LogP contribution is -2.09. The number of esters is 1. The van der Waals surface area contributed by atoms with Gasteiger partial charge in [-0.15, -0.1) is 0 Å². The second-order valence-electron chi connectivity index (χ2n) is 5.03. The Labute approximate surface area is 148 Å². The molecular weight excluding hydrogens is 344 g/mol. The van der Waals surface area contributed by atoms with Crippen LogP contribution in [0.3, 0.4) is 0 Å². The molecule has 0 aliphatic carbocycles. The lowest BCUT2D eigenvalue weighted by Gasteiger charge is -2.07. The topological polar surface area (TPSA) is 81.4 Å². The first-order valence-corrected chi connectivity index (χ1v) is 7.67. The van der Waals surface area contributed by atoms with Crippen LogP contribution in [0.2, 0.25) is 5.02 Å². The number of rotatable bonds is 4. The Morgan fingerprint density at radius 1 is 1.24 bits per heavy atom. The summed E-state index contributed by atoms with van der Waals surface area (Å²) in [4.78, 5) is 27.8. The van der Waals surface area contributed by atoms with E-state index in [0.717, 1.165) is 0 Å². The summed E-state index contributed by atoms with van der Waals surface area (Å²) >= 11 is 6.04. The van der Waals surface area contributed by atoms with Gasteiger partial charge in [-0.3, -0.25) is 4.79 Å². The van der Waals surface area contributed by atoms with Gasteiger partial charge < -0.3 is 14.5 Å². The fourth-order valence-electron chi connectivity index (χ4n) is 2.15. The highest BCUT2D eigenvalue weighted by atomic mass is 35.5. The summed E-state index contributed by atoms with van der Waals surface area (Å²) in [6.07, 6.45) is 2.72. The molecule has 1 heterocycles. The van der Waals surface area contributed by atoms with Gasteiger partial charge in [-0.25, -0.2) is 9.78 Å². The van der Waals surface area contributed by atoms with E-state index < -0.39 is 11.9 Å². The highest BCUT2D eigenvalue weighted by Gasteiger charge is 2.10. The standard InChI is InChI=1S/C18H13ClN2O4/c1-24-18(23)11-6-7-12(19)14(10-11)20-16(22)8-9-17-21-13-4-2-3-5-15(13)25-17/h2-10H,1H3,(H,20,22). The molecule has 6 nitrogen and oxygen atoms in total. The molecule has 7 heteroatoms. The van der Waals surface area contributed by atoms with Crippen molar-refractivity contribution in [1.29, 1.82) is 0 Å². The number of carbonyl (C=O) groups excluding carboxylic acids is 2. The van der Waals surface area contributed by atoms with Crippen LogP contribution < -0.4 is 5.32 Å². The molecule has 0 radical (unpaired) electrons. The predicted octanol–water partition coefficient (Wildman–Crippen LogP) is 3.92. The van der Waals surface area contributed by atoms with Gasteiger partial charge in [0, 0.05) is 12.2 Å². The molecule has 3 rings (SSSR count). The molecule has 0 unspecified atom stereocenters. The minimum atomic E-state index is -0.519. The van der Waals surface area contributed by atoms with Crippen molar-refractivity contribution in [3.8, 4) is 0 Å². The van der Waals surface area contributed by atoms with Crippen LogP contribution in [-0.2, 0) is 9.53 Å². The third kappa shape index (κ3) is 3.87. The molecule has 0 saturated carbocycles. The van der Waals surface area contributed by atoms with Crippen molar-refractivity contribution in [3.05, 3.63) is 65.0 Å². The largest absolute Gasteiger partial charge is 0.465 e. The maximum atomic E-state index is 12.1. The van der Waals surface area contributed by atoms with Crippen LogP contribution >= 0.6 is 11.6 Å². The lowest BCUT2D eigenvalue weighted by molar-refractivity contribution is -0.111. The van der Waals surface area contributed by atoms with E-state index in [1.165, 1.54) is 37.5 Å². The Morgan fingerprint density at radius 3 is 2.80 bits per heavy atom. The van der Waals surface area contributed by atoms with E-state index in [2.05, 4.69) is 15.0 Å². The third-order valence-corrected chi connectivity index (χ3v) is 3.66. The quantitative estimate of drug-likeness (QED) is 0.566. The molecule has 126 valence electrons. The molecule has 3 aromatic rings. The van der Waals surface area contributed by atoms with Gasteiger partial charge in [0.05, 0.1) is 23.4 Å². The van der Waals surface area contributed by atoms with Crippen LogP contribution in [0.15, 0.2) is 53.0 Å². The number of ether oxygens (including phenoxy) is 1. The Hall–Kier alpha value is -3.12. The first kappa shape index (κ1) is 16.7. The molecule has 25 heavy (non-hydrogen) atoms. The first-order valence-electron chi connectivity index (χ1n) is 7.29. The van der Waals surface area contributed by atoms with Crippen molar-refractivity contribution in [2.24, 2.45) is 0 Å². The summed E-state index contributed by atoms with van der Waals surface area (Å²) in [6, 6.07) is 11.8. The fourth-order valence-corrected chi connectivity index (χ4v) is 2.31. The molecular formula is C18H13ClN2O4. The van der Waals surface area contributed by atoms with Crippen LogP contribution in [0.1, 0.15) is 16.2 Å². The maximum absolute atomic E-state index is 12.1. The van der Waals surface area contributed by atoms with E-state index in [9.17, 15) is 9.59 Å². The number of aromatic nitrogens is 1. The highest BCUT2D eigenvalue weighted by Crippen LogP contribution is 2.23. The number of fused-ring (bicyclic) bond motifs is 1. The van der Waals surface area contributed by atoms with Crippen LogP contribution in [-0.4, -0.2) is 24.0 Å². The molecule has 0 aliphatic heterocycles. The average molecular weight is 357 g/mol. The van der Waals surface area contributed by atoms with E-state index in [-0.39, 0.29) is 5.56 Å². The molecule has 0 fully saturated rings. The second-order valence-corrected chi connectivity index (χ2v) is 5.44. The van der Waals surface area contributed by atoms with Gasteiger partial charge in [0.15, 0.2) is 5.58 Å². The smallest absolute Gasteiger partial charge is 0.337 e. The van der Waals surface area contributed by atoms with Crippen LogP contribution in [0, 0.1) is 0 Å². The van der Waals surface area contributed by atoms with Gasteiger partial charge in [-0.2, -0.15) is 0 Å². The second kappa shape index (κ2) is 7.19. The van der Waals surface area contributed by atoms with Crippen LogP contribution in [0.5, 0.6) is 0 Å². The Morgan fingerprint density at radius 2 is 2.04 bits per heavy atom. The number of para-hydroxylation sites is 2. The number of hydrogen-bond acceptors (Lipinski definition) is 5.